The second-order valence-corrected chi connectivity index (χ2v) is 2.74. The van der Waals surface area contributed by atoms with Crippen molar-refractivity contribution in [3.05, 3.63) is 35.1 Å². The number of Topliss-reactive ketones (excluding diaryl/α,β-unsaturated/α-hetero) is 1. The van der Waals surface area contributed by atoms with E-state index < -0.39 is 5.82 Å². The van der Waals surface area contributed by atoms with Crippen LogP contribution in [0.3, 0.4) is 0 Å². The van der Waals surface area contributed by atoms with Crippen molar-refractivity contribution in [1.29, 1.82) is 0 Å². The Morgan fingerprint density at radius 3 is 2.92 bits per heavy atom. The van der Waals surface area contributed by atoms with Crippen LogP contribution in [0.2, 0.25) is 0 Å². The first-order valence-electron chi connectivity index (χ1n) is 3.88. The van der Waals surface area contributed by atoms with Crippen LogP contribution in [0, 0.1) is 25.1 Å². The lowest BCUT2D eigenvalue weighted by Crippen LogP contribution is -2.02. The van der Waals surface area contributed by atoms with Crippen molar-refractivity contribution in [3.8, 4) is 12.3 Å². The van der Waals surface area contributed by atoms with E-state index in [2.05, 4.69) is 5.92 Å². The first kappa shape index (κ1) is 9.47. The minimum absolute atomic E-state index is 0.0552. The van der Waals surface area contributed by atoms with E-state index in [0.29, 0.717) is 5.56 Å². The molecule has 0 aliphatic rings. The van der Waals surface area contributed by atoms with Gasteiger partial charge in [-0.2, -0.15) is 0 Å². The molecule has 1 rings (SSSR count). The maximum atomic E-state index is 13.3. The third-order valence-corrected chi connectivity index (χ3v) is 1.75. The molecule has 0 aromatic heterocycles. The summed E-state index contributed by atoms with van der Waals surface area (Å²) in [6.07, 6.45) is 4.91. The highest BCUT2D eigenvalue weighted by Gasteiger charge is 2.11. The van der Waals surface area contributed by atoms with Crippen molar-refractivity contribution in [2.75, 3.05) is 0 Å². The predicted octanol–water partition coefficient (Wildman–Crippen LogP) is 2.34. The average molecular weight is 176 g/mol. The van der Waals surface area contributed by atoms with Crippen LogP contribution in [0.15, 0.2) is 18.2 Å². The molecule has 0 atom stereocenters. The van der Waals surface area contributed by atoms with Gasteiger partial charge in [0.05, 0.1) is 12.0 Å². The molecule has 0 saturated carbocycles. The first-order chi connectivity index (χ1) is 6.16. The number of carbonyl (C=O) groups is 1. The van der Waals surface area contributed by atoms with Gasteiger partial charge in [0.2, 0.25) is 0 Å². The van der Waals surface area contributed by atoms with Gasteiger partial charge in [-0.15, -0.1) is 6.42 Å². The molecule has 0 heterocycles. The van der Waals surface area contributed by atoms with Gasteiger partial charge in [0.1, 0.15) is 5.82 Å². The zero-order valence-electron chi connectivity index (χ0n) is 7.30. The van der Waals surface area contributed by atoms with Gasteiger partial charge in [0.25, 0.3) is 0 Å². The van der Waals surface area contributed by atoms with Crippen LogP contribution in [0.4, 0.5) is 4.39 Å². The van der Waals surface area contributed by atoms with Crippen molar-refractivity contribution in [2.45, 2.75) is 13.3 Å². The quantitative estimate of drug-likeness (QED) is 0.499. The van der Waals surface area contributed by atoms with Crippen LogP contribution in [-0.4, -0.2) is 5.78 Å². The van der Waals surface area contributed by atoms with E-state index in [0.717, 1.165) is 0 Å². The van der Waals surface area contributed by atoms with Crippen molar-refractivity contribution in [2.24, 2.45) is 0 Å². The highest BCUT2D eigenvalue weighted by molar-refractivity contribution is 5.97. The Labute approximate surface area is 76.6 Å². The van der Waals surface area contributed by atoms with E-state index in [4.69, 9.17) is 6.42 Å². The first-order valence-corrected chi connectivity index (χ1v) is 3.88. The van der Waals surface area contributed by atoms with E-state index in [1.807, 2.05) is 0 Å². The number of halogens is 1. The third-order valence-electron chi connectivity index (χ3n) is 1.75. The molecule has 0 unspecified atom stereocenters. The van der Waals surface area contributed by atoms with Gasteiger partial charge in [-0.3, -0.25) is 4.79 Å². The number of rotatable bonds is 2. The minimum atomic E-state index is -0.470. The van der Waals surface area contributed by atoms with Crippen LogP contribution in [0.1, 0.15) is 22.3 Å². The molecule has 0 aliphatic carbocycles. The topological polar surface area (TPSA) is 17.1 Å². The van der Waals surface area contributed by atoms with Gasteiger partial charge >= 0.3 is 0 Å². The van der Waals surface area contributed by atoms with Crippen LogP contribution in [0.5, 0.6) is 0 Å². The van der Waals surface area contributed by atoms with Crippen molar-refractivity contribution in [3.63, 3.8) is 0 Å². The molecule has 1 aromatic carbocycles. The van der Waals surface area contributed by atoms with E-state index in [-0.39, 0.29) is 17.8 Å². The number of carbonyl (C=O) groups excluding carboxylic acids is 1. The Morgan fingerprint density at radius 2 is 2.31 bits per heavy atom. The second kappa shape index (κ2) is 3.86. The number of benzene rings is 1. The Hall–Kier alpha value is -1.62. The summed E-state index contributed by atoms with van der Waals surface area (Å²) >= 11 is 0. The molecule has 0 radical (unpaired) electrons. The molecular weight excluding hydrogens is 167 g/mol. The van der Waals surface area contributed by atoms with E-state index >= 15 is 0 Å². The summed E-state index contributed by atoms with van der Waals surface area (Å²) in [5, 5.41) is 0. The molecule has 1 aromatic rings. The fourth-order valence-electron chi connectivity index (χ4n) is 1.05. The third kappa shape index (κ3) is 1.94. The lowest BCUT2D eigenvalue weighted by molar-refractivity contribution is 0.0994. The molecule has 0 fully saturated rings. The molecule has 0 amide bonds. The van der Waals surface area contributed by atoms with Gasteiger partial charge in [0, 0.05) is 0 Å². The summed E-state index contributed by atoms with van der Waals surface area (Å²) in [5.74, 6) is 1.38. The van der Waals surface area contributed by atoms with Crippen molar-refractivity contribution >= 4 is 5.78 Å². The largest absolute Gasteiger partial charge is 0.293 e. The summed E-state index contributed by atoms with van der Waals surface area (Å²) in [5.41, 5.74) is 0.542. The molecular formula is C11H9FO. The molecule has 66 valence electrons. The number of hydrogen-bond acceptors (Lipinski definition) is 1. The van der Waals surface area contributed by atoms with Gasteiger partial charge in [-0.1, -0.05) is 18.1 Å². The number of terminal acetylenes is 1. The fraction of sp³-hybridized carbons (Fsp3) is 0.182. The molecule has 2 heteroatoms. The molecule has 0 spiro atoms. The molecule has 0 N–H and O–H groups in total. The van der Waals surface area contributed by atoms with E-state index in [1.54, 1.807) is 19.1 Å². The zero-order chi connectivity index (χ0) is 9.84. The maximum absolute atomic E-state index is 13.3. The lowest BCUT2D eigenvalue weighted by Gasteiger charge is -2.01. The van der Waals surface area contributed by atoms with Crippen LogP contribution in [0.25, 0.3) is 0 Å². The lowest BCUT2D eigenvalue weighted by atomic mass is 10.1. The van der Waals surface area contributed by atoms with Gasteiger partial charge < -0.3 is 0 Å². The summed E-state index contributed by atoms with van der Waals surface area (Å²) in [4.78, 5) is 11.2. The highest BCUT2D eigenvalue weighted by atomic mass is 19.1. The van der Waals surface area contributed by atoms with Gasteiger partial charge in [-0.25, -0.2) is 4.39 Å². The van der Waals surface area contributed by atoms with E-state index in [1.165, 1.54) is 6.07 Å². The van der Waals surface area contributed by atoms with Crippen LogP contribution >= 0.6 is 0 Å². The van der Waals surface area contributed by atoms with Crippen LogP contribution in [-0.2, 0) is 0 Å². The van der Waals surface area contributed by atoms with E-state index in [9.17, 15) is 9.18 Å². The van der Waals surface area contributed by atoms with Gasteiger partial charge in [0.15, 0.2) is 5.78 Å². The summed E-state index contributed by atoms with van der Waals surface area (Å²) in [7, 11) is 0. The predicted molar refractivity (Wildman–Crippen MR) is 48.9 cm³/mol. The normalized spacial score (nSPS) is 9.31. The maximum Gasteiger partial charge on any atom is 0.177 e. The Kier molecular flexibility index (Phi) is 2.81. The smallest absolute Gasteiger partial charge is 0.177 e. The molecule has 0 saturated heterocycles. The molecule has 1 nitrogen and oxygen atoms in total. The number of ketones is 1. The minimum Gasteiger partial charge on any atom is -0.293 e. The Bertz CT molecular complexity index is 374. The monoisotopic (exact) mass is 176 g/mol. The second-order valence-electron chi connectivity index (χ2n) is 2.74. The SMILES string of the molecule is C#CCC(=O)c1cccc(C)c1F. The Morgan fingerprint density at radius 1 is 1.62 bits per heavy atom. The summed E-state index contributed by atoms with van der Waals surface area (Å²) in [6, 6.07) is 4.70. The average Bonchev–Trinajstić information content (AvgIpc) is 2.10. The van der Waals surface area contributed by atoms with Crippen molar-refractivity contribution in [1.82, 2.24) is 0 Å². The summed E-state index contributed by atoms with van der Waals surface area (Å²) < 4.78 is 13.3. The molecule has 13 heavy (non-hydrogen) atoms. The molecule has 0 bridgehead atoms. The fourth-order valence-corrected chi connectivity index (χ4v) is 1.05. The number of hydrogen-bond donors (Lipinski definition) is 0. The molecule has 0 aliphatic heterocycles. The van der Waals surface area contributed by atoms with Crippen molar-refractivity contribution < 1.29 is 9.18 Å². The Balaban J connectivity index is 3.09. The van der Waals surface area contributed by atoms with Crippen LogP contribution < -0.4 is 0 Å². The van der Waals surface area contributed by atoms with Gasteiger partial charge in [-0.05, 0) is 18.6 Å². The zero-order valence-corrected chi connectivity index (χ0v) is 7.30. The summed E-state index contributed by atoms with van der Waals surface area (Å²) in [6.45, 7) is 1.61. The standard InChI is InChI=1S/C11H9FO/c1-3-5-10(13)9-7-4-6-8(2)11(9)12/h1,4,6-7H,5H2,2H3. The highest BCUT2D eigenvalue weighted by Crippen LogP contribution is 2.13. The number of aryl methyl sites for hydroxylation is 1.